The van der Waals surface area contributed by atoms with Crippen molar-refractivity contribution >= 4 is 35.2 Å². The largest absolute Gasteiger partial charge is 0.493 e. The standard InChI is InChI=1S/C26H21ClN2O4/c1-2-15-32-24-6-4-3-5-19(24)16-20(17-28)26(31)33-23-13-7-18(8-14-23)25(30)29-22-11-9-21(27)10-12-22/h3-14,16H,2,15H2,1H3,(H,29,30)/b20-16+. The van der Waals surface area contributed by atoms with Crippen molar-refractivity contribution in [2.45, 2.75) is 13.3 Å². The zero-order chi connectivity index (χ0) is 23.6. The monoisotopic (exact) mass is 460 g/mol. The summed E-state index contributed by atoms with van der Waals surface area (Å²) in [4.78, 5) is 24.9. The molecule has 0 saturated heterocycles. The Labute approximate surface area is 197 Å². The first kappa shape index (κ1) is 23.6. The van der Waals surface area contributed by atoms with Crippen LogP contribution in [0.1, 0.15) is 29.3 Å². The van der Waals surface area contributed by atoms with Gasteiger partial charge in [-0.1, -0.05) is 36.7 Å². The highest BCUT2D eigenvalue weighted by molar-refractivity contribution is 6.30. The van der Waals surface area contributed by atoms with Gasteiger partial charge in [0.05, 0.1) is 6.61 Å². The van der Waals surface area contributed by atoms with Gasteiger partial charge in [0, 0.05) is 21.8 Å². The van der Waals surface area contributed by atoms with E-state index in [0.717, 1.165) is 6.42 Å². The lowest BCUT2D eigenvalue weighted by atomic mass is 10.1. The molecule has 0 saturated carbocycles. The molecular formula is C26H21ClN2O4. The van der Waals surface area contributed by atoms with E-state index in [0.29, 0.717) is 34.2 Å². The SMILES string of the molecule is CCCOc1ccccc1/C=C(\C#N)C(=O)Oc1ccc(C(=O)Nc2ccc(Cl)cc2)cc1. The first-order chi connectivity index (χ1) is 16.0. The number of carbonyl (C=O) groups excluding carboxylic acids is 2. The molecule has 0 heterocycles. The van der Waals surface area contributed by atoms with Crippen molar-refractivity contribution in [3.05, 3.63) is 94.5 Å². The van der Waals surface area contributed by atoms with Crippen molar-refractivity contribution in [3.8, 4) is 17.6 Å². The second-order valence-corrected chi connectivity index (χ2v) is 7.37. The van der Waals surface area contributed by atoms with Gasteiger partial charge in [0.15, 0.2) is 0 Å². The molecule has 0 aromatic heterocycles. The van der Waals surface area contributed by atoms with Crippen LogP contribution in [0.15, 0.2) is 78.4 Å². The molecule has 0 atom stereocenters. The molecule has 1 amide bonds. The number of halogens is 1. The summed E-state index contributed by atoms with van der Waals surface area (Å²) in [7, 11) is 0. The number of nitrogens with one attached hydrogen (secondary N) is 1. The van der Waals surface area contributed by atoms with Crippen molar-refractivity contribution in [3.63, 3.8) is 0 Å². The van der Waals surface area contributed by atoms with Gasteiger partial charge in [-0.3, -0.25) is 4.79 Å². The van der Waals surface area contributed by atoms with Gasteiger partial charge in [0.25, 0.3) is 5.91 Å². The van der Waals surface area contributed by atoms with E-state index < -0.39 is 5.97 Å². The molecule has 33 heavy (non-hydrogen) atoms. The highest BCUT2D eigenvalue weighted by atomic mass is 35.5. The molecule has 1 N–H and O–H groups in total. The Morgan fingerprint density at radius 2 is 1.73 bits per heavy atom. The van der Waals surface area contributed by atoms with Crippen LogP contribution in [0.2, 0.25) is 5.02 Å². The summed E-state index contributed by atoms with van der Waals surface area (Å²) >= 11 is 5.85. The number of benzene rings is 3. The van der Waals surface area contributed by atoms with Gasteiger partial charge < -0.3 is 14.8 Å². The van der Waals surface area contributed by atoms with E-state index in [4.69, 9.17) is 21.1 Å². The fourth-order valence-electron chi connectivity index (χ4n) is 2.81. The third-order valence-electron chi connectivity index (χ3n) is 4.45. The second kappa shape index (κ2) is 11.5. The zero-order valence-electron chi connectivity index (χ0n) is 17.9. The highest BCUT2D eigenvalue weighted by Crippen LogP contribution is 2.22. The van der Waals surface area contributed by atoms with Gasteiger partial charge in [-0.15, -0.1) is 0 Å². The Kier molecular flexibility index (Phi) is 8.23. The minimum absolute atomic E-state index is 0.174. The summed E-state index contributed by atoms with van der Waals surface area (Å²) in [5.41, 5.74) is 1.41. The Morgan fingerprint density at radius 1 is 1.03 bits per heavy atom. The summed E-state index contributed by atoms with van der Waals surface area (Å²) in [6, 6.07) is 21.8. The number of nitriles is 1. The summed E-state index contributed by atoms with van der Waals surface area (Å²) in [6.07, 6.45) is 2.26. The quantitative estimate of drug-likeness (QED) is 0.196. The van der Waals surface area contributed by atoms with Crippen molar-refractivity contribution in [1.29, 1.82) is 5.26 Å². The van der Waals surface area contributed by atoms with E-state index in [1.807, 2.05) is 19.1 Å². The maximum Gasteiger partial charge on any atom is 0.354 e. The number of rotatable bonds is 8. The molecule has 0 radical (unpaired) electrons. The predicted octanol–water partition coefficient (Wildman–Crippen LogP) is 5.89. The number of amides is 1. The first-order valence-electron chi connectivity index (χ1n) is 10.2. The fraction of sp³-hybridized carbons (Fsp3) is 0.115. The minimum Gasteiger partial charge on any atom is -0.493 e. The third-order valence-corrected chi connectivity index (χ3v) is 4.70. The zero-order valence-corrected chi connectivity index (χ0v) is 18.6. The van der Waals surface area contributed by atoms with Crippen molar-refractivity contribution in [2.24, 2.45) is 0 Å². The molecule has 0 aliphatic rings. The van der Waals surface area contributed by atoms with Crippen LogP contribution >= 0.6 is 11.6 Å². The molecule has 0 spiro atoms. The second-order valence-electron chi connectivity index (χ2n) is 6.93. The lowest BCUT2D eigenvalue weighted by molar-refractivity contribution is -0.129. The van der Waals surface area contributed by atoms with E-state index >= 15 is 0 Å². The average molecular weight is 461 g/mol. The number of esters is 1. The molecule has 0 fully saturated rings. The number of anilines is 1. The molecule has 3 aromatic carbocycles. The lowest BCUT2D eigenvalue weighted by Gasteiger charge is -2.09. The number of ether oxygens (including phenoxy) is 2. The van der Waals surface area contributed by atoms with E-state index in [-0.39, 0.29) is 17.2 Å². The number of para-hydroxylation sites is 1. The van der Waals surface area contributed by atoms with Crippen LogP contribution in [0.3, 0.4) is 0 Å². The summed E-state index contributed by atoms with van der Waals surface area (Å²) in [5.74, 6) is -0.340. The Morgan fingerprint density at radius 3 is 2.39 bits per heavy atom. The molecular weight excluding hydrogens is 440 g/mol. The Bertz CT molecular complexity index is 1200. The first-order valence-corrected chi connectivity index (χ1v) is 10.6. The summed E-state index contributed by atoms with van der Waals surface area (Å²) in [6.45, 7) is 2.51. The molecule has 6 nitrogen and oxygen atoms in total. The Hall–Kier alpha value is -4.08. The van der Waals surface area contributed by atoms with Gasteiger partial charge in [0.1, 0.15) is 23.1 Å². The van der Waals surface area contributed by atoms with Crippen LogP contribution in [0.4, 0.5) is 5.69 Å². The number of hydrogen-bond donors (Lipinski definition) is 1. The average Bonchev–Trinajstić information content (AvgIpc) is 2.83. The van der Waals surface area contributed by atoms with Gasteiger partial charge >= 0.3 is 5.97 Å². The van der Waals surface area contributed by atoms with Gasteiger partial charge in [0.2, 0.25) is 0 Å². The van der Waals surface area contributed by atoms with Gasteiger partial charge in [-0.2, -0.15) is 5.26 Å². The summed E-state index contributed by atoms with van der Waals surface area (Å²) < 4.78 is 11.0. The highest BCUT2D eigenvalue weighted by Gasteiger charge is 2.14. The number of hydrogen-bond acceptors (Lipinski definition) is 5. The maximum absolute atomic E-state index is 12.5. The van der Waals surface area contributed by atoms with Gasteiger partial charge in [-0.05, 0) is 67.1 Å². The van der Waals surface area contributed by atoms with Crippen LogP contribution in [-0.4, -0.2) is 18.5 Å². The predicted molar refractivity (Wildman–Crippen MR) is 127 cm³/mol. The van der Waals surface area contributed by atoms with Crippen LogP contribution in [0.5, 0.6) is 11.5 Å². The van der Waals surface area contributed by atoms with E-state index in [2.05, 4.69) is 5.32 Å². The van der Waals surface area contributed by atoms with Crippen molar-refractivity contribution in [2.75, 3.05) is 11.9 Å². The van der Waals surface area contributed by atoms with Crippen LogP contribution in [-0.2, 0) is 4.79 Å². The molecule has 0 aliphatic heterocycles. The third kappa shape index (κ3) is 6.70. The number of nitrogens with zero attached hydrogens (tertiary/aromatic N) is 1. The molecule has 0 unspecified atom stereocenters. The van der Waals surface area contributed by atoms with E-state index in [9.17, 15) is 14.9 Å². The maximum atomic E-state index is 12.5. The molecule has 0 bridgehead atoms. The van der Waals surface area contributed by atoms with Gasteiger partial charge in [-0.25, -0.2) is 4.79 Å². The molecule has 166 valence electrons. The molecule has 7 heteroatoms. The van der Waals surface area contributed by atoms with Crippen LogP contribution in [0, 0.1) is 11.3 Å². The van der Waals surface area contributed by atoms with E-state index in [1.54, 1.807) is 42.5 Å². The van der Waals surface area contributed by atoms with Crippen molar-refractivity contribution < 1.29 is 19.1 Å². The number of carbonyl (C=O) groups is 2. The molecule has 0 aliphatic carbocycles. The molecule has 3 aromatic rings. The van der Waals surface area contributed by atoms with Crippen LogP contribution < -0.4 is 14.8 Å². The van der Waals surface area contributed by atoms with Crippen molar-refractivity contribution in [1.82, 2.24) is 0 Å². The Balaban J connectivity index is 1.68. The topological polar surface area (TPSA) is 88.4 Å². The normalized spacial score (nSPS) is 10.8. The lowest BCUT2D eigenvalue weighted by Crippen LogP contribution is -2.13. The summed E-state index contributed by atoms with van der Waals surface area (Å²) in [5, 5.41) is 12.8. The minimum atomic E-state index is -0.804. The van der Waals surface area contributed by atoms with Crippen LogP contribution in [0.25, 0.3) is 6.08 Å². The fourth-order valence-corrected chi connectivity index (χ4v) is 2.93. The smallest absolute Gasteiger partial charge is 0.354 e. The van der Waals surface area contributed by atoms with E-state index in [1.165, 1.54) is 30.3 Å². The molecule has 3 rings (SSSR count).